The molecule has 0 bridgehead atoms. The van der Waals surface area contributed by atoms with Crippen molar-refractivity contribution in [3.63, 3.8) is 0 Å². The van der Waals surface area contributed by atoms with Crippen LogP contribution in [0.1, 0.15) is 320 Å². The number of aryl methyl sites for hydroxylation is 2. The third kappa shape index (κ3) is 19.5. The van der Waals surface area contributed by atoms with Gasteiger partial charge in [0.2, 0.25) is 0 Å². The van der Waals surface area contributed by atoms with Gasteiger partial charge in [0, 0.05) is 48.3 Å². The number of rotatable bonds is 43. The summed E-state index contributed by atoms with van der Waals surface area (Å²) in [6, 6.07) is 11.4. The van der Waals surface area contributed by atoms with Crippen LogP contribution in [0.2, 0.25) is 0 Å². The number of fused-ring (bicyclic) bond motifs is 4. The summed E-state index contributed by atoms with van der Waals surface area (Å²) in [7, 11) is 0. The van der Waals surface area contributed by atoms with Crippen molar-refractivity contribution in [1.29, 1.82) is 0 Å². The Morgan fingerprint density at radius 2 is 0.886 bits per heavy atom. The van der Waals surface area contributed by atoms with Crippen LogP contribution in [0.15, 0.2) is 53.0 Å². The van der Waals surface area contributed by atoms with Crippen molar-refractivity contribution >= 4 is 96.2 Å². The molecule has 2 aliphatic rings. The number of benzene rings is 1. The largest absolute Gasteiger partial charge is 0.306 e. The van der Waals surface area contributed by atoms with Crippen LogP contribution in [0.25, 0.3) is 48.3 Å². The summed E-state index contributed by atoms with van der Waals surface area (Å²) in [5, 5.41) is 1.16. The summed E-state index contributed by atoms with van der Waals surface area (Å²) < 4.78 is 1.18. The van der Waals surface area contributed by atoms with Crippen molar-refractivity contribution in [2.24, 2.45) is 11.8 Å². The van der Waals surface area contributed by atoms with E-state index in [9.17, 15) is 0 Å². The highest BCUT2D eigenvalue weighted by molar-refractivity contribution is 8.01. The number of unbranched alkanes of at least 4 members (excludes halogenated alkanes) is 22. The van der Waals surface area contributed by atoms with Gasteiger partial charge in [-0.2, -0.15) is 0 Å². The zero-order chi connectivity index (χ0) is 63.2. The molecular weight excluding hydrogens is 1150 g/mol. The first-order chi connectivity index (χ1) is 42.5. The molecule has 2 amide bonds. The number of aromatic nitrogens is 2. The zero-order valence-corrected chi connectivity index (χ0v) is 60.8. The lowest BCUT2D eigenvalue weighted by molar-refractivity contribution is -0.124. The lowest BCUT2D eigenvalue weighted by Gasteiger charge is -2.29. The van der Waals surface area contributed by atoms with E-state index in [1.807, 2.05) is 29.2 Å². The van der Waals surface area contributed by atoms with Gasteiger partial charge in [-0.15, -0.1) is 45.8 Å². The molecular formula is C78H118N4O2S4. The first-order valence-electron chi connectivity index (χ1n) is 36.0. The van der Waals surface area contributed by atoms with Crippen LogP contribution in [0.5, 0.6) is 0 Å². The predicted molar refractivity (Wildman–Crippen MR) is 390 cm³/mol. The first-order valence-corrected chi connectivity index (χ1v) is 39.2. The fourth-order valence-electron chi connectivity index (χ4n) is 13.4. The molecule has 6 nitrogen and oxygen atoms in total. The number of amides is 2. The third-order valence-electron chi connectivity index (χ3n) is 18.5. The third-order valence-corrected chi connectivity index (χ3v) is 23.8. The molecule has 0 aliphatic carbocycles. The van der Waals surface area contributed by atoms with Crippen LogP contribution in [-0.2, 0) is 27.8 Å². The van der Waals surface area contributed by atoms with Gasteiger partial charge in [-0.05, 0) is 98.9 Å². The van der Waals surface area contributed by atoms with Crippen molar-refractivity contribution in [2.75, 3.05) is 13.1 Å². The van der Waals surface area contributed by atoms with Crippen LogP contribution < -0.4 is 0 Å². The molecule has 4 aromatic heterocycles. The second kappa shape index (κ2) is 36.0. The molecule has 0 fully saturated rings. The van der Waals surface area contributed by atoms with Crippen molar-refractivity contribution in [2.45, 2.75) is 316 Å². The quantitative estimate of drug-likeness (QED) is 0.0287. The molecule has 0 N–H and O–H groups in total. The Balaban J connectivity index is 1.41. The highest BCUT2D eigenvalue weighted by Crippen LogP contribution is 2.53. The Labute approximate surface area is 552 Å². The molecule has 2 aliphatic heterocycles. The monoisotopic (exact) mass is 1270 g/mol. The minimum absolute atomic E-state index is 0.0244. The molecule has 2 atom stereocenters. The van der Waals surface area contributed by atoms with Gasteiger partial charge in [-0.1, -0.05) is 263 Å². The fraction of sp³-hybridized carbons (Fsp3) is 0.667. The lowest BCUT2D eigenvalue weighted by atomic mass is 9.93. The number of hydrogen-bond acceptors (Lipinski definition) is 8. The highest BCUT2D eigenvalue weighted by Gasteiger charge is 2.50. The molecule has 10 heteroatoms. The van der Waals surface area contributed by atoms with Crippen LogP contribution in [0.4, 0.5) is 0 Å². The van der Waals surface area contributed by atoms with Crippen molar-refractivity contribution in [3.8, 4) is 9.75 Å². The van der Waals surface area contributed by atoms with Crippen LogP contribution in [0, 0.1) is 11.8 Å². The molecule has 0 radical (unpaired) electrons. The highest BCUT2D eigenvalue weighted by atomic mass is 32.2. The van der Waals surface area contributed by atoms with E-state index in [1.54, 1.807) is 22.7 Å². The molecule has 6 heterocycles. The van der Waals surface area contributed by atoms with E-state index in [4.69, 9.17) is 9.97 Å². The van der Waals surface area contributed by atoms with E-state index >= 15 is 9.59 Å². The van der Waals surface area contributed by atoms with Gasteiger partial charge < -0.3 is 9.80 Å². The number of thioether (sulfide) groups is 1. The van der Waals surface area contributed by atoms with Crippen molar-refractivity contribution < 1.29 is 9.59 Å². The van der Waals surface area contributed by atoms with Gasteiger partial charge in [0.25, 0.3) is 11.8 Å². The summed E-state index contributed by atoms with van der Waals surface area (Å²) >= 11 is 7.32. The fourth-order valence-corrected chi connectivity index (χ4v) is 18.2. The standard InChI is InChI=1S/C78H118N4O2S4/c1-14-21-27-33-35-39-45-56(43-37-29-23-16-3)54-81-71(67-68(76(81)84)72(64-51-52-66(86-64)77(8,9)10)82(75(67)83)55-57(44-38-30-24-17-4)46-40-36-34-28-22-15-2)63-50-49-62(85-63)65-53-59-70-69(58(20-7)74(73(59)87-65)88-78(11,12)13)79-60(47-41-31-25-18-5)61(80-70)48-42-32-26-19-6/h20,49-53,56-57H,7,14-19,21-48,54-55H2,1-6,8-13H3. The Hall–Kier alpha value is -3.57. The zero-order valence-electron chi connectivity index (χ0n) is 57.5. The van der Waals surface area contributed by atoms with E-state index in [0.29, 0.717) is 36.1 Å². The minimum atomic E-state index is -0.0656. The Morgan fingerprint density at radius 3 is 1.32 bits per heavy atom. The van der Waals surface area contributed by atoms with Gasteiger partial charge in [-0.3, -0.25) is 9.59 Å². The summed E-state index contributed by atoms with van der Waals surface area (Å²) in [4.78, 5) is 55.0. The van der Waals surface area contributed by atoms with E-state index in [0.717, 1.165) is 99.4 Å². The Kier molecular flexibility index (Phi) is 29.4. The first kappa shape index (κ1) is 71.9. The van der Waals surface area contributed by atoms with Gasteiger partial charge >= 0.3 is 0 Å². The average Bonchev–Trinajstić information content (AvgIpc) is 1.89. The number of carbonyl (C=O) groups is 2. The molecule has 0 saturated heterocycles. The molecule has 88 heavy (non-hydrogen) atoms. The van der Waals surface area contributed by atoms with E-state index in [1.165, 1.54) is 198 Å². The van der Waals surface area contributed by atoms with Crippen LogP contribution >= 0.6 is 45.8 Å². The number of nitrogens with zero attached hydrogens (tertiary/aromatic N) is 4. The number of thiophene rings is 3. The van der Waals surface area contributed by atoms with Crippen molar-refractivity contribution in [1.82, 2.24) is 19.8 Å². The van der Waals surface area contributed by atoms with Gasteiger partial charge in [-0.25, -0.2) is 9.97 Å². The SMILES string of the molecule is C=Cc1c(SC(C)(C)C)c2sc(-c3ccc(C4=C5C(=O)N(CC(CCCCCC)CCCCCCCC)C(c6ccc(C(C)(C)C)s6)=C5C(=O)N4CC(CCCCCC)CCCCCCCC)s3)cc2c2nc(CCCCCC)c(CCCCCC)nc12. The second-order valence-electron chi connectivity index (χ2n) is 28.4. The summed E-state index contributed by atoms with van der Waals surface area (Å²) in [5.74, 6) is 0.758. The topological polar surface area (TPSA) is 66.4 Å². The molecule has 7 rings (SSSR count). The average molecular weight is 1270 g/mol. The van der Waals surface area contributed by atoms with E-state index < -0.39 is 0 Å². The molecule has 1 aromatic carbocycles. The molecule has 486 valence electrons. The van der Waals surface area contributed by atoms with Gasteiger partial charge in [0.1, 0.15) is 0 Å². The summed E-state index contributed by atoms with van der Waals surface area (Å²) in [6.07, 6.45) is 42.7. The summed E-state index contributed by atoms with van der Waals surface area (Å²) in [6.45, 7) is 33.3. The predicted octanol–water partition coefficient (Wildman–Crippen LogP) is 25.2. The number of carbonyl (C=O) groups excluding carboxylic acids is 2. The molecule has 0 spiro atoms. The maximum atomic E-state index is 16.2. The normalized spacial score (nSPS) is 14.8. The number of hydrogen-bond donors (Lipinski definition) is 0. The maximum absolute atomic E-state index is 16.2. The van der Waals surface area contributed by atoms with Crippen LogP contribution in [0.3, 0.4) is 0 Å². The van der Waals surface area contributed by atoms with E-state index in [2.05, 4.69) is 130 Å². The molecule has 5 aromatic rings. The van der Waals surface area contributed by atoms with Crippen LogP contribution in [-0.4, -0.2) is 49.4 Å². The minimum Gasteiger partial charge on any atom is -0.306 e. The smallest absolute Gasteiger partial charge is 0.261 e. The molecule has 2 unspecified atom stereocenters. The molecule has 0 saturated carbocycles. The second-order valence-corrected chi connectivity index (χ2v) is 33.4. The van der Waals surface area contributed by atoms with E-state index in [-0.39, 0.29) is 22.0 Å². The Morgan fingerprint density at radius 1 is 0.489 bits per heavy atom. The lowest BCUT2D eigenvalue weighted by Crippen LogP contribution is -2.34. The Bertz CT molecular complexity index is 3060. The van der Waals surface area contributed by atoms with Crippen molar-refractivity contribution in [3.05, 3.63) is 79.6 Å². The van der Waals surface area contributed by atoms with Gasteiger partial charge in [0.05, 0.1) is 59.4 Å². The maximum Gasteiger partial charge on any atom is 0.261 e. The summed E-state index contributed by atoms with van der Waals surface area (Å²) in [5.41, 5.74) is 8.32. The van der Waals surface area contributed by atoms with Gasteiger partial charge in [0.15, 0.2) is 0 Å².